The van der Waals surface area contributed by atoms with Crippen LogP contribution in [-0.2, 0) is 9.59 Å². The summed E-state index contributed by atoms with van der Waals surface area (Å²) < 4.78 is 0. The molecule has 1 unspecified atom stereocenters. The fraction of sp³-hybridized carbons (Fsp3) is 0.833. The van der Waals surface area contributed by atoms with Gasteiger partial charge in [0.05, 0.1) is 11.8 Å². The predicted octanol–water partition coefficient (Wildman–Crippen LogP) is 0.471. The van der Waals surface area contributed by atoms with E-state index in [4.69, 9.17) is 10.2 Å². The zero-order valence-corrected chi connectivity index (χ0v) is 9.84. The maximum absolute atomic E-state index is 12.1. The zero-order chi connectivity index (χ0) is 12.4. The Labute approximate surface area is 100 Å². The molecule has 1 saturated heterocycles. The van der Waals surface area contributed by atoms with Crippen molar-refractivity contribution in [3.8, 4) is 0 Å². The topological polar surface area (TPSA) is 77.8 Å². The Morgan fingerprint density at radius 3 is 2.59 bits per heavy atom. The number of piperidine rings is 1. The van der Waals surface area contributed by atoms with Gasteiger partial charge >= 0.3 is 5.97 Å². The van der Waals surface area contributed by atoms with Crippen molar-refractivity contribution in [2.24, 2.45) is 11.8 Å². The predicted molar refractivity (Wildman–Crippen MR) is 60.3 cm³/mol. The maximum atomic E-state index is 12.1. The van der Waals surface area contributed by atoms with Crippen LogP contribution in [0, 0.1) is 11.8 Å². The number of carboxylic acid groups (broad SMARTS) is 1. The van der Waals surface area contributed by atoms with E-state index in [0.717, 1.165) is 19.3 Å². The van der Waals surface area contributed by atoms with Crippen LogP contribution in [0.5, 0.6) is 0 Å². The van der Waals surface area contributed by atoms with Crippen LogP contribution < -0.4 is 0 Å². The van der Waals surface area contributed by atoms with Crippen molar-refractivity contribution in [2.75, 3.05) is 13.2 Å². The van der Waals surface area contributed by atoms with Gasteiger partial charge in [-0.1, -0.05) is 0 Å². The average molecular weight is 241 g/mol. The first kappa shape index (κ1) is 12.4. The zero-order valence-electron chi connectivity index (χ0n) is 9.84. The van der Waals surface area contributed by atoms with Crippen LogP contribution in [0.3, 0.4) is 0 Å². The molecule has 5 heteroatoms. The fourth-order valence-electron chi connectivity index (χ4n) is 2.69. The molecule has 0 bridgehead atoms. The molecule has 0 radical (unpaired) electrons. The second-order valence-electron chi connectivity index (χ2n) is 4.98. The van der Waals surface area contributed by atoms with Crippen LogP contribution in [-0.4, -0.2) is 46.2 Å². The quantitative estimate of drug-likeness (QED) is 0.750. The molecule has 2 aliphatic rings. The number of hydrogen-bond acceptors (Lipinski definition) is 3. The Bertz CT molecular complexity index is 316. The molecular weight excluding hydrogens is 222 g/mol. The van der Waals surface area contributed by atoms with E-state index in [-0.39, 0.29) is 24.5 Å². The van der Waals surface area contributed by atoms with Crippen LogP contribution in [0.15, 0.2) is 0 Å². The summed E-state index contributed by atoms with van der Waals surface area (Å²) in [5.74, 6) is -1.67. The van der Waals surface area contributed by atoms with E-state index in [1.165, 1.54) is 0 Å². The van der Waals surface area contributed by atoms with Crippen LogP contribution in [0.2, 0.25) is 0 Å². The van der Waals surface area contributed by atoms with Crippen molar-refractivity contribution >= 4 is 11.9 Å². The summed E-state index contributed by atoms with van der Waals surface area (Å²) in [5, 5.41) is 17.8. The Kier molecular flexibility index (Phi) is 3.66. The lowest BCUT2D eigenvalue weighted by Gasteiger charge is -2.35. The molecule has 0 spiro atoms. The Morgan fingerprint density at radius 2 is 2.00 bits per heavy atom. The first-order valence-corrected chi connectivity index (χ1v) is 6.29. The molecule has 1 aliphatic heterocycles. The van der Waals surface area contributed by atoms with Gasteiger partial charge in [0, 0.05) is 19.2 Å². The minimum Gasteiger partial charge on any atom is -0.481 e. The van der Waals surface area contributed by atoms with Crippen molar-refractivity contribution < 1.29 is 19.8 Å². The molecule has 5 nitrogen and oxygen atoms in total. The van der Waals surface area contributed by atoms with Crippen LogP contribution in [0.1, 0.15) is 32.1 Å². The molecule has 17 heavy (non-hydrogen) atoms. The third-order valence-electron chi connectivity index (χ3n) is 3.80. The van der Waals surface area contributed by atoms with Crippen molar-refractivity contribution in [1.29, 1.82) is 0 Å². The molecule has 0 aromatic rings. The highest BCUT2D eigenvalue weighted by molar-refractivity contribution is 5.89. The highest BCUT2D eigenvalue weighted by Gasteiger charge is 2.50. The lowest BCUT2D eigenvalue weighted by Crippen LogP contribution is -2.45. The van der Waals surface area contributed by atoms with Gasteiger partial charge in [-0.05, 0) is 32.1 Å². The van der Waals surface area contributed by atoms with Gasteiger partial charge in [0.1, 0.15) is 0 Å². The summed E-state index contributed by atoms with van der Waals surface area (Å²) in [6.45, 7) is 0.799. The smallest absolute Gasteiger partial charge is 0.307 e. The number of carboxylic acids is 1. The molecule has 1 heterocycles. The van der Waals surface area contributed by atoms with E-state index in [1.807, 2.05) is 0 Å². The van der Waals surface area contributed by atoms with Gasteiger partial charge < -0.3 is 15.1 Å². The summed E-state index contributed by atoms with van der Waals surface area (Å²) >= 11 is 0. The second-order valence-corrected chi connectivity index (χ2v) is 4.98. The Morgan fingerprint density at radius 1 is 1.24 bits per heavy atom. The number of likely N-dealkylation sites (tertiary alicyclic amines) is 1. The van der Waals surface area contributed by atoms with Gasteiger partial charge in [-0.25, -0.2) is 0 Å². The monoisotopic (exact) mass is 241 g/mol. The van der Waals surface area contributed by atoms with Crippen molar-refractivity contribution in [2.45, 2.75) is 38.1 Å². The van der Waals surface area contributed by atoms with Crippen LogP contribution in [0.25, 0.3) is 0 Å². The van der Waals surface area contributed by atoms with Gasteiger partial charge in [0.25, 0.3) is 0 Å². The number of carbonyl (C=O) groups excluding carboxylic acids is 1. The number of rotatable bonds is 4. The van der Waals surface area contributed by atoms with Crippen molar-refractivity contribution in [1.82, 2.24) is 4.90 Å². The third kappa shape index (κ3) is 2.60. The second kappa shape index (κ2) is 5.04. The summed E-state index contributed by atoms with van der Waals surface area (Å²) in [5.41, 5.74) is 0. The summed E-state index contributed by atoms with van der Waals surface area (Å²) in [6, 6.07) is 0.108. The molecule has 2 N–H and O–H groups in total. The first-order valence-electron chi connectivity index (χ1n) is 6.29. The van der Waals surface area contributed by atoms with Gasteiger partial charge in [-0.15, -0.1) is 0 Å². The molecular formula is C12H19NO4. The minimum absolute atomic E-state index is 0.0180. The molecule has 1 amide bonds. The summed E-state index contributed by atoms with van der Waals surface area (Å²) in [4.78, 5) is 24.7. The molecule has 3 atom stereocenters. The summed E-state index contributed by atoms with van der Waals surface area (Å²) in [6.07, 6.45) is 4.09. The van der Waals surface area contributed by atoms with Crippen molar-refractivity contribution in [3.63, 3.8) is 0 Å². The number of aliphatic carboxylic acids is 1. The number of carbonyl (C=O) groups is 2. The Hall–Kier alpha value is -1.10. The van der Waals surface area contributed by atoms with Gasteiger partial charge in [-0.2, -0.15) is 0 Å². The molecule has 0 aromatic carbocycles. The number of nitrogens with zero attached hydrogens (tertiary/aromatic N) is 1. The number of amides is 1. The SMILES string of the molecule is O=C(O)[C@H]1C[C@H]1C(=O)N1CCCCC1CCO. The van der Waals surface area contributed by atoms with Crippen LogP contribution in [0.4, 0.5) is 0 Å². The number of aliphatic hydroxyl groups excluding tert-OH is 1. The maximum Gasteiger partial charge on any atom is 0.307 e. The molecule has 96 valence electrons. The normalized spacial score (nSPS) is 32.3. The van der Waals surface area contributed by atoms with E-state index in [9.17, 15) is 9.59 Å². The molecule has 1 aliphatic carbocycles. The molecule has 0 aromatic heterocycles. The van der Waals surface area contributed by atoms with Crippen LogP contribution >= 0.6 is 0 Å². The van der Waals surface area contributed by atoms with E-state index < -0.39 is 11.9 Å². The first-order chi connectivity index (χ1) is 8.15. The lowest BCUT2D eigenvalue weighted by atomic mass is 9.99. The van der Waals surface area contributed by atoms with E-state index in [1.54, 1.807) is 4.90 Å². The van der Waals surface area contributed by atoms with Crippen molar-refractivity contribution in [3.05, 3.63) is 0 Å². The molecule has 2 rings (SSSR count). The largest absolute Gasteiger partial charge is 0.481 e. The van der Waals surface area contributed by atoms with E-state index in [2.05, 4.69) is 0 Å². The van der Waals surface area contributed by atoms with Gasteiger partial charge in [0.2, 0.25) is 5.91 Å². The highest BCUT2D eigenvalue weighted by atomic mass is 16.4. The molecule has 2 fully saturated rings. The average Bonchev–Trinajstić information content (AvgIpc) is 3.09. The highest BCUT2D eigenvalue weighted by Crippen LogP contribution is 2.41. The number of hydrogen-bond donors (Lipinski definition) is 2. The minimum atomic E-state index is -0.862. The number of aliphatic hydroxyl groups is 1. The standard InChI is InChI=1S/C12H19NO4/c14-6-4-8-3-1-2-5-13(8)11(15)9-7-10(9)12(16)17/h8-10,14H,1-7H2,(H,16,17)/t8?,9-,10+/m1/s1. The fourth-order valence-corrected chi connectivity index (χ4v) is 2.69. The van der Waals surface area contributed by atoms with Gasteiger partial charge in [0.15, 0.2) is 0 Å². The van der Waals surface area contributed by atoms with Gasteiger partial charge in [-0.3, -0.25) is 9.59 Å². The third-order valence-corrected chi connectivity index (χ3v) is 3.80. The van der Waals surface area contributed by atoms with E-state index >= 15 is 0 Å². The Balaban J connectivity index is 1.95. The molecule has 1 saturated carbocycles. The lowest BCUT2D eigenvalue weighted by molar-refractivity contribution is -0.143. The summed E-state index contributed by atoms with van der Waals surface area (Å²) in [7, 11) is 0. The van der Waals surface area contributed by atoms with E-state index in [0.29, 0.717) is 19.4 Å².